The van der Waals surface area contributed by atoms with Crippen LogP contribution in [0.3, 0.4) is 0 Å². The third-order valence-electron chi connectivity index (χ3n) is 3.45. The summed E-state index contributed by atoms with van der Waals surface area (Å²) in [7, 11) is 0. The van der Waals surface area contributed by atoms with Crippen molar-refractivity contribution in [3.05, 3.63) is 35.4 Å². The van der Waals surface area contributed by atoms with Crippen molar-refractivity contribution in [3.8, 4) is 6.07 Å². The van der Waals surface area contributed by atoms with Crippen molar-refractivity contribution in [2.24, 2.45) is 5.92 Å². The summed E-state index contributed by atoms with van der Waals surface area (Å²) in [6.45, 7) is 2.29. The van der Waals surface area contributed by atoms with Crippen LogP contribution in [0.4, 0.5) is 0 Å². The van der Waals surface area contributed by atoms with Gasteiger partial charge in [0.2, 0.25) is 5.91 Å². The van der Waals surface area contributed by atoms with E-state index in [1.807, 2.05) is 13.0 Å². The number of carboxylic acids is 1. The maximum absolute atomic E-state index is 11.9. The van der Waals surface area contributed by atoms with Gasteiger partial charge in [-0.2, -0.15) is 5.26 Å². The van der Waals surface area contributed by atoms with Crippen molar-refractivity contribution in [3.63, 3.8) is 0 Å². The Labute approximate surface area is 111 Å². The SMILES string of the molecule is CCN1C(=O)CC(C(=O)O)C1c1cccc(C#N)c1. The Morgan fingerprint density at radius 2 is 2.32 bits per heavy atom. The van der Waals surface area contributed by atoms with Gasteiger partial charge in [-0.25, -0.2) is 0 Å². The second kappa shape index (κ2) is 5.11. The highest BCUT2D eigenvalue weighted by atomic mass is 16.4. The van der Waals surface area contributed by atoms with Gasteiger partial charge in [0.25, 0.3) is 0 Å². The number of hydrogen-bond donors (Lipinski definition) is 1. The van der Waals surface area contributed by atoms with E-state index in [0.29, 0.717) is 17.7 Å². The number of carbonyl (C=O) groups excluding carboxylic acids is 1. The van der Waals surface area contributed by atoms with E-state index >= 15 is 0 Å². The highest BCUT2D eigenvalue weighted by molar-refractivity contribution is 5.87. The van der Waals surface area contributed by atoms with Gasteiger partial charge in [0.05, 0.1) is 23.6 Å². The average Bonchev–Trinajstić information content (AvgIpc) is 2.75. The number of nitriles is 1. The summed E-state index contributed by atoms with van der Waals surface area (Å²) >= 11 is 0. The Hall–Kier alpha value is -2.35. The Morgan fingerprint density at radius 3 is 2.89 bits per heavy atom. The van der Waals surface area contributed by atoms with Gasteiger partial charge in [-0.3, -0.25) is 9.59 Å². The average molecular weight is 258 g/mol. The first-order chi connectivity index (χ1) is 9.08. The lowest BCUT2D eigenvalue weighted by atomic mass is 9.93. The van der Waals surface area contributed by atoms with E-state index in [4.69, 9.17) is 5.26 Å². The molecule has 0 bridgehead atoms. The maximum Gasteiger partial charge on any atom is 0.309 e. The molecule has 0 saturated carbocycles. The smallest absolute Gasteiger partial charge is 0.309 e. The second-order valence-electron chi connectivity index (χ2n) is 4.51. The lowest BCUT2D eigenvalue weighted by Crippen LogP contribution is -2.30. The third-order valence-corrected chi connectivity index (χ3v) is 3.45. The van der Waals surface area contributed by atoms with Crippen molar-refractivity contribution in [1.82, 2.24) is 4.90 Å². The van der Waals surface area contributed by atoms with Crippen LogP contribution in [0.2, 0.25) is 0 Å². The Kier molecular flexibility index (Phi) is 3.52. The summed E-state index contributed by atoms with van der Waals surface area (Å²) in [6, 6.07) is 8.34. The first kappa shape index (κ1) is 13.1. The molecule has 2 rings (SSSR count). The van der Waals surface area contributed by atoms with E-state index in [0.717, 1.165) is 0 Å². The van der Waals surface area contributed by atoms with E-state index in [9.17, 15) is 14.7 Å². The van der Waals surface area contributed by atoms with Crippen LogP contribution in [0.25, 0.3) is 0 Å². The predicted molar refractivity (Wildman–Crippen MR) is 67.0 cm³/mol. The van der Waals surface area contributed by atoms with E-state index in [-0.39, 0.29) is 12.3 Å². The topological polar surface area (TPSA) is 81.4 Å². The number of aliphatic carboxylic acids is 1. The van der Waals surface area contributed by atoms with E-state index in [1.165, 1.54) is 0 Å². The fraction of sp³-hybridized carbons (Fsp3) is 0.357. The van der Waals surface area contributed by atoms with E-state index in [2.05, 4.69) is 0 Å². The molecule has 0 aliphatic carbocycles. The van der Waals surface area contributed by atoms with Crippen LogP contribution in [0.1, 0.15) is 30.5 Å². The van der Waals surface area contributed by atoms with Gasteiger partial charge in [-0.15, -0.1) is 0 Å². The van der Waals surface area contributed by atoms with Gasteiger partial charge in [-0.05, 0) is 24.6 Å². The largest absolute Gasteiger partial charge is 0.481 e. The molecule has 98 valence electrons. The van der Waals surface area contributed by atoms with E-state index in [1.54, 1.807) is 29.2 Å². The van der Waals surface area contributed by atoms with Crippen LogP contribution < -0.4 is 0 Å². The molecule has 2 unspecified atom stereocenters. The number of amides is 1. The summed E-state index contributed by atoms with van der Waals surface area (Å²) in [5.74, 6) is -1.87. The fourth-order valence-electron chi connectivity index (χ4n) is 2.59. The normalized spacial score (nSPS) is 22.3. The zero-order valence-corrected chi connectivity index (χ0v) is 10.5. The molecule has 1 N–H and O–H groups in total. The zero-order valence-electron chi connectivity index (χ0n) is 10.5. The molecule has 0 aromatic heterocycles. The van der Waals surface area contributed by atoms with Crippen LogP contribution in [-0.4, -0.2) is 28.4 Å². The molecular formula is C14H14N2O3. The van der Waals surface area contributed by atoms with Gasteiger partial charge in [0.1, 0.15) is 0 Å². The van der Waals surface area contributed by atoms with Gasteiger partial charge in [-0.1, -0.05) is 12.1 Å². The molecule has 1 aromatic rings. The quantitative estimate of drug-likeness (QED) is 0.891. The molecule has 19 heavy (non-hydrogen) atoms. The molecule has 1 saturated heterocycles. The number of benzene rings is 1. The monoisotopic (exact) mass is 258 g/mol. The molecule has 1 heterocycles. The Bertz CT molecular complexity index is 562. The molecule has 2 atom stereocenters. The molecule has 1 aromatic carbocycles. The summed E-state index contributed by atoms with van der Waals surface area (Å²) in [5, 5.41) is 18.2. The predicted octanol–water partition coefficient (Wildman–Crippen LogP) is 1.55. The third kappa shape index (κ3) is 2.29. The Morgan fingerprint density at radius 1 is 1.58 bits per heavy atom. The van der Waals surface area contributed by atoms with Gasteiger partial charge >= 0.3 is 5.97 Å². The van der Waals surface area contributed by atoms with Crippen molar-refractivity contribution in [2.45, 2.75) is 19.4 Å². The lowest BCUT2D eigenvalue weighted by molar-refractivity contribution is -0.142. The zero-order chi connectivity index (χ0) is 14.0. The van der Waals surface area contributed by atoms with Crippen LogP contribution in [0.15, 0.2) is 24.3 Å². The standard InChI is InChI=1S/C14H14N2O3/c1-2-16-12(17)7-11(14(18)19)13(16)10-5-3-4-9(6-10)8-15/h3-6,11,13H,2,7H2,1H3,(H,18,19). The van der Waals surface area contributed by atoms with Gasteiger partial charge in [0.15, 0.2) is 0 Å². The number of nitrogens with zero attached hydrogens (tertiary/aromatic N) is 2. The second-order valence-corrected chi connectivity index (χ2v) is 4.51. The molecule has 0 radical (unpaired) electrons. The lowest BCUT2D eigenvalue weighted by Gasteiger charge is -2.26. The minimum Gasteiger partial charge on any atom is -0.481 e. The number of rotatable bonds is 3. The van der Waals surface area contributed by atoms with Crippen LogP contribution in [-0.2, 0) is 9.59 Å². The summed E-state index contributed by atoms with van der Waals surface area (Å²) in [6.07, 6.45) is 0.0185. The number of carbonyl (C=O) groups is 2. The van der Waals surface area contributed by atoms with Crippen molar-refractivity contribution in [1.29, 1.82) is 5.26 Å². The molecule has 1 amide bonds. The minimum absolute atomic E-state index is 0.0185. The number of likely N-dealkylation sites (tertiary alicyclic amines) is 1. The maximum atomic E-state index is 11.9. The minimum atomic E-state index is -0.975. The van der Waals surface area contributed by atoms with Crippen LogP contribution in [0, 0.1) is 17.2 Å². The summed E-state index contributed by atoms with van der Waals surface area (Å²) in [4.78, 5) is 24.7. The summed E-state index contributed by atoms with van der Waals surface area (Å²) < 4.78 is 0. The Balaban J connectivity index is 2.45. The van der Waals surface area contributed by atoms with Crippen molar-refractivity contribution in [2.75, 3.05) is 6.54 Å². The number of carboxylic acid groups (broad SMARTS) is 1. The first-order valence-corrected chi connectivity index (χ1v) is 6.10. The van der Waals surface area contributed by atoms with Gasteiger partial charge in [0, 0.05) is 13.0 Å². The van der Waals surface area contributed by atoms with Crippen molar-refractivity contribution >= 4 is 11.9 Å². The molecule has 1 fully saturated rings. The highest BCUT2D eigenvalue weighted by Crippen LogP contribution is 2.38. The molecular weight excluding hydrogens is 244 g/mol. The number of hydrogen-bond acceptors (Lipinski definition) is 3. The van der Waals surface area contributed by atoms with Crippen LogP contribution >= 0.6 is 0 Å². The molecule has 0 spiro atoms. The molecule has 1 aliphatic heterocycles. The summed E-state index contributed by atoms with van der Waals surface area (Å²) in [5.41, 5.74) is 1.18. The fourth-order valence-corrected chi connectivity index (χ4v) is 2.59. The van der Waals surface area contributed by atoms with Crippen molar-refractivity contribution < 1.29 is 14.7 Å². The highest BCUT2D eigenvalue weighted by Gasteiger charge is 2.43. The van der Waals surface area contributed by atoms with E-state index < -0.39 is 17.9 Å². The first-order valence-electron chi connectivity index (χ1n) is 6.10. The van der Waals surface area contributed by atoms with Gasteiger partial charge < -0.3 is 10.0 Å². The molecule has 5 heteroatoms. The molecule has 5 nitrogen and oxygen atoms in total. The van der Waals surface area contributed by atoms with Crippen LogP contribution in [0.5, 0.6) is 0 Å². The molecule has 1 aliphatic rings.